The Morgan fingerprint density at radius 2 is 0.908 bits per heavy atom. The first-order valence-electron chi connectivity index (χ1n) is 37.6. The lowest BCUT2D eigenvalue weighted by Crippen LogP contribution is -2.61. The van der Waals surface area contributed by atoms with E-state index in [1.165, 1.54) is 11.1 Å². The minimum Gasteiger partial charge on any atom is -0.454 e. The van der Waals surface area contributed by atoms with E-state index >= 15 is 0 Å². The third kappa shape index (κ3) is 8.92. The van der Waals surface area contributed by atoms with E-state index in [9.17, 15) is 8.22 Å². The third-order valence-electron chi connectivity index (χ3n) is 20.3. The quantitative estimate of drug-likeness (QED) is 0.142. The first kappa shape index (κ1) is 49.6. The Bertz CT molecular complexity index is 6550. The average Bonchev–Trinajstić information content (AvgIpc) is 0.757. The van der Waals surface area contributed by atoms with Crippen LogP contribution < -0.4 is 26.2 Å². The summed E-state index contributed by atoms with van der Waals surface area (Å²) in [6, 6.07) is 86.5. The summed E-state index contributed by atoms with van der Waals surface area (Å²) in [7, 11) is 0. The van der Waals surface area contributed by atoms with Crippen LogP contribution in [0.1, 0.15) is 63.6 Å². The van der Waals surface area contributed by atoms with Crippen molar-refractivity contribution in [2.75, 3.05) is 9.80 Å². The van der Waals surface area contributed by atoms with Gasteiger partial charge in [-0.3, -0.25) is 4.57 Å². The number of pyridine rings is 1. The summed E-state index contributed by atoms with van der Waals surface area (Å²) < 4.78 is 85.9. The van der Waals surface area contributed by atoms with Crippen molar-refractivity contribution in [2.45, 2.75) is 52.4 Å². The number of rotatable bonds is 8. The van der Waals surface area contributed by atoms with Crippen molar-refractivity contribution in [1.29, 1.82) is 0 Å². The highest BCUT2D eigenvalue weighted by Crippen LogP contribution is 2.50. The summed E-state index contributed by atoms with van der Waals surface area (Å²) in [4.78, 5) is 10.8. The summed E-state index contributed by atoms with van der Waals surface area (Å²) in [6.45, 7) is 13.1. The molecule has 0 unspecified atom stereocenters. The lowest BCUT2D eigenvalue weighted by atomic mass is 9.33. The van der Waals surface area contributed by atoms with Gasteiger partial charge >= 0.3 is 0 Å². The Morgan fingerprint density at radius 3 is 1.62 bits per heavy atom. The van der Waals surface area contributed by atoms with E-state index in [1.807, 2.05) is 48.5 Å². The van der Waals surface area contributed by atoms with Gasteiger partial charge in [-0.25, -0.2) is 4.98 Å². The molecule has 2 aliphatic heterocycles. The largest absolute Gasteiger partial charge is 0.454 e. The predicted octanol–water partition coefficient (Wildman–Crippen LogP) is 22.5. The third-order valence-corrected chi connectivity index (χ3v) is 20.3. The van der Waals surface area contributed by atoms with Crippen LogP contribution >= 0.6 is 0 Å². The number of fused-ring (bicyclic) bond motifs is 14. The second kappa shape index (κ2) is 21.8. The Balaban J connectivity index is 0.944. The zero-order valence-corrected chi connectivity index (χ0v) is 55.0. The number of aromatic nitrogens is 3. The smallest absolute Gasteiger partial charge is 0.252 e. The summed E-state index contributed by atoms with van der Waals surface area (Å²) in [5, 5.41) is 3.64. The molecule has 0 saturated heterocycles. The molecule has 0 bridgehead atoms. The van der Waals surface area contributed by atoms with Gasteiger partial charge in [-0.05, 0) is 145 Å². The van der Waals surface area contributed by atoms with E-state index < -0.39 is 55.1 Å². The van der Waals surface area contributed by atoms with Crippen molar-refractivity contribution in [2.24, 2.45) is 0 Å². The highest BCUT2D eigenvalue weighted by molar-refractivity contribution is 7.00. The summed E-state index contributed by atoms with van der Waals surface area (Å²) in [5.74, 6) is 0.416. The number of hydrogen-bond donors (Lipinski definition) is 0. The molecule has 0 spiro atoms. The summed E-state index contributed by atoms with van der Waals surface area (Å²) in [5.41, 5.74) is 22.2. The van der Waals surface area contributed by atoms with Gasteiger partial charge in [0.2, 0.25) is 0 Å². The second-order valence-corrected chi connectivity index (χ2v) is 28.1. The Kier molecular flexibility index (Phi) is 11.0. The number of furan rings is 1. The van der Waals surface area contributed by atoms with Crippen molar-refractivity contribution < 1.29 is 15.4 Å². The van der Waals surface area contributed by atoms with Crippen molar-refractivity contribution in [3.05, 3.63) is 314 Å². The molecule has 19 rings (SSSR count). The molecule has 0 radical (unpaired) electrons. The SMILES string of the molecule is [2H]c1c([2H])c([2H])c2c(c1[2H])c1c([2H])c([2H])c([2H])c([2H])c1n2-c1cc(-c2ccc3c(c2)B2c4cc(-c5cccc(C(C)(C)C)c5)ccc4N(c4ccc(C(C)(C)C)cc4-c4ccccc4)c4cccc(c42)N3c2ccccc2-c2ccccc2)nc(-n2c3ccccc3c3ccc4c5ccccc5oc4c32)c1. The molecule has 0 aliphatic carbocycles. The first-order valence-corrected chi connectivity index (χ1v) is 33.6. The van der Waals surface area contributed by atoms with Gasteiger partial charge in [-0.2, -0.15) is 0 Å². The Labute approximate surface area is 581 Å². The topological polar surface area (TPSA) is 42.4 Å². The fraction of sp³-hybridized carbons (Fsp3) is 0.0879. The lowest BCUT2D eigenvalue weighted by molar-refractivity contribution is 0.590. The minimum atomic E-state index is -0.521. The van der Waals surface area contributed by atoms with Crippen LogP contribution in [-0.4, -0.2) is 20.8 Å². The van der Waals surface area contributed by atoms with E-state index in [0.717, 1.165) is 116 Å². The molecule has 0 N–H and O–H groups in total. The summed E-state index contributed by atoms with van der Waals surface area (Å²) in [6.07, 6.45) is 0. The molecule has 13 aromatic carbocycles. The fourth-order valence-electron chi connectivity index (χ4n) is 15.6. The number of anilines is 6. The molecule has 17 aromatic rings. The zero-order chi connectivity index (χ0) is 72.7. The van der Waals surface area contributed by atoms with E-state index in [1.54, 1.807) is 4.57 Å². The van der Waals surface area contributed by atoms with Crippen LogP contribution in [0.2, 0.25) is 0 Å². The minimum absolute atomic E-state index is 0.00373. The zero-order valence-electron chi connectivity index (χ0n) is 63.0. The average molecular weight is 1270 g/mol. The van der Waals surface area contributed by atoms with E-state index in [-0.39, 0.29) is 32.6 Å². The van der Waals surface area contributed by atoms with Crippen molar-refractivity contribution >= 4 is 123 Å². The lowest BCUT2D eigenvalue weighted by Gasteiger charge is -2.45. The maximum atomic E-state index is 9.81. The monoisotopic (exact) mass is 1270 g/mol. The number of para-hydroxylation sites is 5. The van der Waals surface area contributed by atoms with Gasteiger partial charge in [0, 0.05) is 72.3 Å². The Hall–Kier alpha value is -11.9. The van der Waals surface area contributed by atoms with Crippen molar-refractivity contribution in [1.82, 2.24) is 14.1 Å². The van der Waals surface area contributed by atoms with Crippen LogP contribution in [0, 0.1) is 0 Å². The molecule has 0 amide bonds. The van der Waals surface area contributed by atoms with E-state index in [2.05, 4.69) is 262 Å². The molecular weight excluding hydrogens is 1190 g/mol. The van der Waals surface area contributed by atoms with Gasteiger partial charge in [0.05, 0.1) is 55.8 Å². The van der Waals surface area contributed by atoms with E-state index in [4.69, 9.17) is 12.1 Å². The molecule has 0 atom stereocenters. The molecule has 0 saturated carbocycles. The van der Waals surface area contributed by atoms with Crippen molar-refractivity contribution in [3.63, 3.8) is 0 Å². The molecule has 2 aliphatic rings. The van der Waals surface area contributed by atoms with Gasteiger partial charge in [-0.1, -0.05) is 260 Å². The molecule has 466 valence electrons. The molecule has 4 aromatic heterocycles. The molecule has 6 heterocycles. The highest BCUT2D eigenvalue weighted by atomic mass is 16.3. The molecule has 7 heteroatoms. The molecule has 98 heavy (non-hydrogen) atoms. The van der Waals surface area contributed by atoms with Crippen LogP contribution in [0.25, 0.3) is 122 Å². The van der Waals surface area contributed by atoms with Gasteiger partial charge in [0.15, 0.2) is 5.58 Å². The van der Waals surface area contributed by atoms with Crippen LogP contribution in [0.3, 0.4) is 0 Å². The Morgan fingerprint density at radius 1 is 0.367 bits per heavy atom. The predicted molar refractivity (Wildman–Crippen MR) is 413 cm³/mol. The fourth-order valence-corrected chi connectivity index (χ4v) is 15.6. The number of benzene rings is 13. The van der Waals surface area contributed by atoms with Crippen molar-refractivity contribution in [3.8, 4) is 56.1 Å². The number of nitrogens with zero attached hydrogens (tertiary/aromatic N) is 5. The van der Waals surface area contributed by atoms with E-state index in [0.29, 0.717) is 33.9 Å². The maximum absolute atomic E-state index is 9.81. The molecule has 0 fully saturated rings. The maximum Gasteiger partial charge on any atom is 0.252 e. The van der Waals surface area contributed by atoms with Crippen LogP contribution in [0.4, 0.5) is 34.1 Å². The summed E-state index contributed by atoms with van der Waals surface area (Å²) >= 11 is 0. The second-order valence-electron chi connectivity index (χ2n) is 28.1. The van der Waals surface area contributed by atoms with Gasteiger partial charge < -0.3 is 18.8 Å². The standard InChI is InChI=1S/C91H68BN5O/c1-90(2,3)62-30-23-29-59(51-62)60-43-48-81-73(52-60)92-74-53-61(44-49-82(74)95(76-36-18-13-31-65(76)57-25-9-7-10-26-57)83-40-24-41-84(87(83)92)96(81)80-50-45-63(91(4,5)6)54-72(80)58-27-11-8-12-28-58)75-55-64(94-77-37-19-14-32-66(77)67-33-15-20-38-78(67)94)56-86(93-75)97-79-39-21-16-34-68(79)70-46-47-71-69-35-17-22-42-85(69)98-89(71)88(70)97/h7-56H,1-6H3/i14D,15D,19D,20D,32D,33D,37D,38D. The molecular formula is C91H68BN5O. The van der Waals surface area contributed by atoms with Gasteiger partial charge in [0.25, 0.3) is 6.71 Å². The van der Waals surface area contributed by atoms with Crippen LogP contribution in [0.5, 0.6) is 0 Å². The normalized spacial score (nSPS) is 14.1. The van der Waals surface area contributed by atoms with Crippen LogP contribution in [0.15, 0.2) is 308 Å². The first-order chi connectivity index (χ1) is 51.2. The number of hydrogen-bond acceptors (Lipinski definition) is 4. The van der Waals surface area contributed by atoms with Gasteiger partial charge in [0.1, 0.15) is 11.4 Å². The highest BCUT2D eigenvalue weighted by Gasteiger charge is 2.44. The van der Waals surface area contributed by atoms with Gasteiger partial charge in [-0.15, -0.1) is 0 Å². The molecule has 6 nitrogen and oxygen atoms in total. The van der Waals surface area contributed by atoms with Crippen LogP contribution in [-0.2, 0) is 10.8 Å².